The van der Waals surface area contributed by atoms with Gasteiger partial charge in [0.25, 0.3) is 0 Å². The summed E-state index contributed by atoms with van der Waals surface area (Å²) in [5, 5.41) is 0. The van der Waals surface area contributed by atoms with Gasteiger partial charge in [0, 0.05) is 0 Å². The Morgan fingerprint density at radius 2 is 1.88 bits per heavy atom. The predicted octanol–water partition coefficient (Wildman–Crippen LogP) is 3.42. The molecule has 1 aromatic rings. The second kappa shape index (κ2) is 6.94. The van der Waals surface area contributed by atoms with Crippen LogP contribution in [-0.4, -0.2) is 13.2 Å². The molecule has 0 radical (unpaired) electrons. The van der Waals surface area contributed by atoms with E-state index in [0.717, 1.165) is 12.2 Å². The smallest absolute Gasteiger partial charge is 0.122 e. The minimum Gasteiger partial charge on any atom is -0.498 e. The van der Waals surface area contributed by atoms with E-state index in [1.807, 2.05) is 12.1 Å². The van der Waals surface area contributed by atoms with Gasteiger partial charge in [0.05, 0.1) is 6.26 Å². The number of hydrogen-bond donors (Lipinski definition) is 0. The van der Waals surface area contributed by atoms with Crippen molar-refractivity contribution in [2.75, 3.05) is 13.2 Å². The van der Waals surface area contributed by atoms with Crippen molar-refractivity contribution < 1.29 is 9.47 Å². The van der Waals surface area contributed by atoms with Gasteiger partial charge in [-0.1, -0.05) is 32.6 Å². The zero-order valence-corrected chi connectivity index (χ0v) is 10.1. The van der Waals surface area contributed by atoms with Gasteiger partial charge < -0.3 is 9.47 Å². The molecule has 0 atom stereocenters. The third-order valence-corrected chi connectivity index (χ3v) is 2.16. The molecular formula is C14H20O2. The Hall–Kier alpha value is -1.44. The van der Waals surface area contributed by atoms with Gasteiger partial charge in [-0.2, -0.15) is 0 Å². The summed E-state index contributed by atoms with van der Waals surface area (Å²) in [5.41, 5.74) is 1.35. The maximum atomic E-state index is 5.50. The van der Waals surface area contributed by atoms with E-state index in [9.17, 15) is 0 Å². The molecule has 1 aromatic carbocycles. The first kappa shape index (κ1) is 12.6. The van der Waals surface area contributed by atoms with Crippen molar-refractivity contribution in [3.8, 4) is 5.75 Å². The molecule has 0 aromatic heterocycles. The van der Waals surface area contributed by atoms with Gasteiger partial charge in [0.1, 0.15) is 19.0 Å². The van der Waals surface area contributed by atoms with E-state index in [1.165, 1.54) is 11.8 Å². The summed E-state index contributed by atoms with van der Waals surface area (Å²) in [6.07, 6.45) is 2.54. The van der Waals surface area contributed by atoms with Gasteiger partial charge in [0.15, 0.2) is 0 Å². The quantitative estimate of drug-likeness (QED) is 0.518. The first-order chi connectivity index (χ1) is 7.72. The summed E-state index contributed by atoms with van der Waals surface area (Å²) >= 11 is 0. The summed E-state index contributed by atoms with van der Waals surface area (Å²) in [6.45, 7) is 9.00. The molecule has 1 rings (SSSR count). The normalized spacial score (nSPS) is 10.2. The van der Waals surface area contributed by atoms with Crippen LogP contribution in [0.25, 0.3) is 0 Å². The first-order valence-corrected chi connectivity index (χ1v) is 5.66. The van der Waals surface area contributed by atoms with Gasteiger partial charge >= 0.3 is 0 Å². The Morgan fingerprint density at radius 3 is 2.44 bits per heavy atom. The number of ether oxygens (including phenoxy) is 2. The molecule has 88 valence electrons. The van der Waals surface area contributed by atoms with E-state index in [4.69, 9.17) is 9.47 Å². The Kier molecular flexibility index (Phi) is 5.48. The maximum Gasteiger partial charge on any atom is 0.122 e. The van der Waals surface area contributed by atoms with Crippen LogP contribution in [0.3, 0.4) is 0 Å². The van der Waals surface area contributed by atoms with Crippen molar-refractivity contribution in [2.24, 2.45) is 5.92 Å². The molecule has 0 heterocycles. The molecule has 0 amide bonds. The highest BCUT2D eigenvalue weighted by molar-refractivity contribution is 5.27. The third-order valence-electron chi connectivity index (χ3n) is 2.16. The van der Waals surface area contributed by atoms with Crippen LogP contribution in [0.15, 0.2) is 37.1 Å². The largest absolute Gasteiger partial charge is 0.498 e. The van der Waals surface area contributed by atoms with Crippen molar-refractivity contribution in [1.29, 1.82) is 0 Å². The van der Waals surface area contributed by atoms with Crippen molar-refractivity contribution in [3.63, 3.8) is 0 Å². The molecule has 16 heavy (non-hydrogen) atoms. The highest BCUT2D eigenvalue weighted by Gasteiger charge is 1.98. The van der Waals surface area contributed by atoms with Crippen LogP contribution in [-0.2, 0) is 11.2 Å². The van der Waals surface area contributed by atoms with Crippen molar-refractivity contribution in [3.05, 3.63) is 42.7 Å². The summed E-state index contributed by atoms with van der Waals surface area (Å²) in [4.78, 5) is 0. The number of benzene rings is 1. The Morgan fingerprint density at radius 1 is 1.19 bits per heavy atom. The topological polar surface area (TPSA) is 18.5 Å². The predicted molar refractivity (Wildman–Crippen MR) is 66.6 cm³/mol. The van der Waals surface area contributed by atoms with E-state index in [0.29, 0.717) is 19.1 Å². The molecule has 0 N–H and O–H groups in total. The fraction of sp³-hybridized carbons (Fsp3) is 0.429. The fourth-order valence-electron chi connectivity index (χ4n) is 1.48. The van der Waals surface area contributed by atoms with Crippen LogP contribution >= 0.6 is 0 Å². The highest BCUT2D eigenvalue weighted by Crippen LogP contribution is 2.14. The van der Waals surface area contributed by atoms with E-state index in [1.54, 1.807) is 0 Å². The molecule has 2 nitrogen and oxygen atoms in total. The molecule has 0 saturated heterocycles. The van der Waals surface area contributed by atoms with Crippen LogP contribution < -0.4 is 4.74 Å². The Bertz CT molecular complexity index is 301. The summed E-state index contributed by atoms with van der Waals surface area (Å²) in [6, 6.07) is 8.24. The monoisotopic (exact) mass is 220 g/mol. The van der Waals surface area contributed by atoms with Crippen LogP contribution in [0, 0.1) is 5.92 Å². The minimum absolute atomic E-state index is 0.539. The van der Waals surface area contributed by atoms with Crippen molar-refractivity contribution >= 4 is 0 Å². The molecule has 0 saturated carbocycles. The molecule has 0 bridgehead atoms. The fourth-order valence-corrected chi connectivity index (χ4v) is 1.48. The van der Waals surface area contributed by atoms with Crippen molar-refractivity contribution in [2.45, 2.75) is 20.3 Å². The Balaban J connectivity index is 2.36. The molecule has 0 aliphatic rings. The number of rotatable bonds is 7. The van der Waals surface area contributed by atoms with Crippen LogP contribution in [0.2, 0.25) is 0 Å². The summed E-state index contributed by atoms with van der Waals surface area (Å²) < 4.78 is 10.5. The van der Waals surface area contributed by atoms with Gasteiger partial charge in [-0.05, 0) is 30.0 Å². The zero-order valence-electron chi connectivity index (χ0n) is 10.1. The zero-order chi connectivity index (χ0) is 11.8. The first-order valence-electron chi connectivity index (χ1n) is 5.66. The van der Waals surface area contributed by atoms with Gasteiger partial charge in [-0.25, -0.2) is 0 Å². The second-order valence-corrected chi connectivity index (χ2v) is 4.13. The average molecular weight is 220 g/mol. The molecule has 0 unspecified atom stereocenters. The lowest BCUT2D eigenvalue weighted by atomic mass is 10.0. The summed E-state index contributed by atoms with van der Waals surface area (Å²) in [7, 11) is 0. The van der Waals surface area contributed by atoms with E-state index in [-0.39, 0.29) is 0 Å². The number of hydrogen-bond acceptors (Lipinski definition) is 2. The van der Waals surface area contributed by atoms with Gasteiger partial charge in [0.2, 0.25) is 0 Å². The van der Waals surface area contributed by atoms with Gasteiger partial charge in [-0.3, -0.25) is 0 Å². The van der Waals surface area contributed by atoms with Crippen LogP contribution in [0.4, 0.5) is 0 Å². The SMILES string of the molecule is C=COCCOc1ccc(CC(C)C)cc1. The average Bonchev–Trinajstić information content (AvgIpc) is 2.26. The maximum absolute atomic E-state index is 5.50. The van der Waals surface area contributed by atoms with Crippen molar-refractivity contribution in [1.82, 2.24) is 0 Å². The third kappa shape index (κ3) is 4.87. The lowest BCUT2D eigenvalue weighted by Crippen LogP contribution is -2.03. The molecular weight excluding hydrogens is 200 g/mol. The molecule has 0 aliphatic heterocycles. The van der Waals surface area contributed by atoms with Crippen LogP contribution in [0.5, 0.6) is 5.75 Å². The molecule has 2 heteroatoms. The standard InChI is InChI=1S/C14H20O2/c1-4-15-9-10-16-14-7-5-13(6-8-14)11-12(2)3/h4-8,12H,1,9-11H2,2-3H3. The molecule has 0 fully saturated rings. The minimum atomic E-state index is 0.539. The Labute approximate surface area is 97.9 Å². The summed E-state index contributed by atoms with van der Waals surface area (Å²) in [5.74, 6) is 1.58. The van der Waals surface area contributed by atoms with E-state index < -0.39 is 0 Å². The second-order valence-electron chi connectivity index (χ2n) is 4.13. The molecule has 0 aliphatic carbocycles. The van der Waals surface area contributed by atoms with Gasteiger partial charge in [-0.15, -0.1) is 0 Å². The van der Waals surface area contributed by atoms with Crippen LogP contribution in [0.1, 0.15) is 19.4 Å². The highest BCUT2D eigenvalue weighted by atomic mass is 16.5. The van der Waals surface area contributed by atoms with E-state index in [2.05, 4.69) is 32.6 Å². The lowest BCUT2D eigenvalue weighted by Gasteiger charge is -2.08. The molecule has 0 spiro atoms. The van der Waals surface area contributed by atoms with E-state index >= 15 is 0 Å². The lowest BCUT2D eigenvalue weighted by molar-refractivity contribution is 0.179.